The molecule has 0 amide bonds. The van der Waals surface area contributed by atoms with Gasteiger partial charge in [-0.15, -0.1) is 0 Å². The van der Waals surface area contributed by atoms with Crippen molar-refractivity contribution in [3.8, 4) is 5.75 Å². The minimum absolute atomic E-state index is 0.246. The van der Waals surface area contributed by atoms with E-state index in [-0.39, 0.29) is 6.42 Å². The van der Waals surface area contributed by atoms with Crippen LogP contribution < -0.4 is 4.74 Å². The molecule has 0 fully saturated rings. The second-order valence-electron chi connectivity index (χ2n) is 5.27. The van der Waals surface area contributed by atoms with Gasteiger partial charge in [0, 0.05) is 16.0 Å². The van der Waals surface area contributed by atoms with Crippen LogP contribution in [-0.4, -0.2) is 33.1 Å². The fraction of sp³-hybridized carbons (Fsp3) is 0.176. The lowest BCUT2D eigenvalue weighted by atomic mass is 10.1. The van der Waals surface area contributed by atoms with Gasteiger partial charge in [0.2, 0.25) is 0 Å². The van der Waals surface area contributed by atoms with Gasteiger partial charge in [0.1, 0.15) is 5.75 Å². The summed E-state index contributed by atoms with van der Waals surface area (Å²) < 4.78 is 6.59. The number of aliphatic hydroxyl groups excluding tert-OH is 1. The van der Waals surface area contributed by atoms with Gasteiger partial charge in [-0.1, -0.05) is 23.7 Å². The number of methoxy groups -OCH3 is 1. The first-order chi connectivity index (χ1) is 11.5. The maximum Gasteiger partial charge on any atom is 0.309 e. The average Bonchev–Trinajstić information content (AvgIpc) is 2.92. The zero-order chi connectivity index (χ0) is 17.3. The topological polar surface area (TPSA) is 84.6 Å². The molecule has 24 heavy (non-hydrogen) atoms. The van der Waals surface area contributed by atoms with Crippen molar-refractivity contribution in [2.75, 3.05) is 7.11 Å². The molecule has 3 aromatic rings. The largest absolute Gasteiger partial charge is 0.497 e. The third-order valence-corrected chi connectivity index (χ3v) is 3.96. The fourth-order valence-corrected chi connectivity index (χ4v) is 2.67. The number of benzene rings is 2. The van der Waals surface area contributed by atoms with E-state index in [1.54, 1.807) is 42.5 Å². The zero-order valence-electron chi connectivity index (χ0n) is 12.8. The lowest BCUT2D eigenvalue weighted by Crippen LogP contribution is -2.12. The number of carbonyl (C=O) groups is 1. The van der Waals surface area contributed by atoms with Crippen LogP contribution >= 0.6 is 11.6 Å². The highest BCUT2D eigenvalue weighted by atomic mass is 35.5. The molecule has 1 aromatic heterocycles. The molecule has 0 aliphatic heterocycles. The van der Waals surface area contributed by atoms with Crippen LogP contribution in [0, 0.1) is 0 Å². The summed E-state index contributed by atoms with van der Waals surface area (Å²) in [7, 11) is 1.53. The van der Waals surface area contributed by atoms with Crippen molar-refractivity contribution < 1.29 is 19.7 Å². The number of halogens is 1. The predicted molar refractivity (Wildman–Crippen MR) is 89.4 cm³/mol. The predicted octanol–water partition coefficient (Wildman–Crippen LogP) is 2.86. The molecule has 2 N–H and O–H groups in total. The molecule has 1 atom stereocenters. The van der Waals surface area contributed by atoms with Gasteiger partial charge in [-0.3, -0.25) is 4.79 Å². The molecule has 0 saturated carbocycles. The molecule has 3 rings (SSSR count). The molecule has 0 saturated heterocycles. The number of aromatic nitrogens is 2. The molecule has 7 heteroatoms. The van der Waals surface area contributed by atoms with E-state index in [4.69, 9.17) is 21.4 Å². The first kappa shape index (κ1) is 16.3. The molecule has 0 spiro atoms. The summed E-state index contributed by atoms with van der Waals surface area (Å²) in [6.45, 7) is 0. The maximum absolute atomic E-state index is 11.1. The minimum Gasteiger partial charge on any atom is -0.497 e. The van der Waals surface area contributed by atoms with Crippen molar-refractivity contribution in [1.82, 2.24) is 9.78 Å². The lowest BCUT2D eigenvalue weighted by molar-refractivity contribution is -0.136. The van der Waals surface area contributed by atoms with Crippen LogP contribution in [-0.2, 0) is 11.2 Å². The van der Waals surface area contributed by atoms with E-state index in [1.165, 1.54) is 11.8 Å². The molecular weight excluding hydrogens is 332 g/mol. The van der Waals surface area contributed by atoms with Crippen molar-refractivity contribution in [1.29, 1.82) is 0 Å². The average molecular weight is 347 g/mol. The molecule has 124 valence electrons. The Hall–Kier alpha value is -2.57. The third kappa shape index (κ3) is 3.06. The first-order valence-electron chi connectivity index (χ1n) is 7.20. The summed E-state index contributed by atoms with van der Waals surface area (Å²) in [5, 5.41) is 25.2. The Morgan fingerprint density at radius 2 is 2.00 bits per heavy atom. The number of nitrogens with zero attached hydrogens (tertiary/aromatic N) is 2. The number of aliphatic hydroxyl groups is 1. The van der Waals surface area contributed by atoms with Crippen LogP contribution in [0.15, 0.2) is 42.5 Å². The molecule has 0 radical (unpaired) electrons. The summed E-state index contributed by atoms with van der Waals surface area (Å²) in [4.78, 5) is 11.1. The Kier molecular flexibility index (Phi) is 4.42. The van der Waals surface area contributed by atoms with E-state index in [1.807, 2.05) is 0 Å². The lowest BCUT2D eigenvalue weighted by Gasteiger charge is -2.13. The van der Waals surface area contributed by atoms with Crippen LogP contribution in [0.25, 0.3) is 10.9 Å². The quantitative estimate of drug-likeness (QED) is 0.742. The number of hydrogen-bond donors (Lipinski definition) is 2. The van der Waals surface area contributed by atoms with E-state index < -0.39 is 12.2 Å². The number of carboxylic acids is 1. The van der Waals surface area contributed by atoms with E-state index in [2.05, 4.69) is 5.10 Å². The molecule has 2 aromatic carbocycles. The molecule has 6 nitrogen and oxygen atoms in total. The Morgan fingerprint density at radius 1 is 1.29 bits per heavy atom. The van der Waals surface area contributed by atoms with Crippen LogP contribution in [0.4, 0.5) is 0 Å². The highest BCUT2D eigenvalue weighted by Crippen LogP contribution is 2.28. The van der Waals surface area contributed by atoms with Gasteiger partial charge in [-0.2, -0.15) is 5.10 Å². The SMILES string of the molecule is COc1ccc2c(c1)c(CC(=O)O)nn2C(O)c1ccc(Cl)cc1. The molecular formula is C17H15ClN2O4. The van der Waals surface area contributed by atoms with Crippen molar-refractivity contribution in [3.63, 3.8) is 0 Å². The molecule has 1 unspecified atom stereocenters. The smallest absolute Gasteiger partial charge is 0.309 e. The minimum atomic E-state index is -1.05. The molecule has 1 heterocycles. The highest BCUT2D eigenvalue weighted by molar-refractivity contribution is 6.30. The van der Waals surface area contributed by atoms with Crippen LogP contribution in [0.1, 0.15) is 17.5 Å². The maximum atomic E-state index is 11.1. The fourth-order valence-electron chi connectivity index (χ4n) is 2.55. The van der Waals surface area contributed by atoms with Gasteiger partial charge in [-0.25, -0.2) is 4.68 Å². The van der Waals surface area contributed by atoms with Gasteiger partial charge in [0.05, 0.1) is 24.7 Å². The first-order valence-corrected chi connectivity index (χ1v) is 7.58. The van der Waals surface area contributed by atoms with E-state index in [0.29, 0.717) is 32.9 Å². The van der Waals surface area contributed by atoms with Gasteiger partial charge >= 0.3 is 5.97 Å². The zero-order valence-corrected chi connectivity index (χ0v) is 13.6. The number of ether oxygens (including phenoxy) is 1. The Bertz CT molecular complexity index is 889. The summed E-state index contributed by atoms with van der Waals surface area (Å²) in [6.07, 6.45) is -1.30. The summed E-state index contributed by atoms with van der Waals surface area (Å²) >= 11 is 5.87. The van der Waals surface area contributed by atoms with Crippen molar-refractivity contribution >= 4 is 28.5 Å². The van der Waals surface area contributed by atoms with Crippen molar-refractivity contribution in [3.05, 3.63) is 58.7 Å². The van der Waals surface area contributed by atoms with Crippen LogP contribution in [0.3, 0.4) is 0 Å². The molecule has 0 bridgehead atoms. The van der Waals surface area contributed by atoms with Crippen molar-refractivity contribution in [2.45, 2.75) is 12.6 Å². The van der Waals surface area contributed by atoms with Gasteiger partial charge in [0.15, 0.2) is 6.23 Å². The molecule has 0 aliphatic carbocycles. The standard InChI is InChI=1S/C17H15ClN2O4/c1-24-12-6-7-15-13(8-12)14(9-16(21)22)19-20(15)17(23)10-2-4-11(18)5-3-10/h2-8,17,23H,9H2,1H3,(H,21,22). The monoisotopic (exact) mass is 346 g/mol. The second kappa shape index (κ2) is 6.51. The van der Waals surface area contributed by atoms with E-state index >= 15 is 0 Å². The van der Waals surface area contributed by atoms with Crippen LogP contribution in [0.5, 0.6) is 5.75 Å². The Morgan fingerprint density at radius 3 is 2.62 bits per heavy atom. The van der Waals surface area contributed by atoms with E-state index in [9.17, 15) is 9.90 Å². The van der Waals surface area contributed by atoms with Gasteiger partial charge < -0.3 is 14.9 Å². The second-order valence-corrected chi connectivity index (χ2v) is 5.71. The van der Waals surface area contributed by atoms with Gasteiger partial charge in [-0.05, 0) is 30.3 Å². The van der Waals surface area contributed by atoms with Gasteiger partial charge in [0.25, 0.3) is 0 Å². The summed E-state index contributed by atoms with van der Waals surface area (Å²) in [5.41, 5.74) is 1.58. The van der Waals surface area contributed by atoms with Crippen LogP contribution in [0.2, 0.25) is 5.02 Å². The third-order valence-electron chi connectivity index (χ3n) is 3.71. The Labute approximate surface area is 142 Å². The van der Waals surface area contributed by atoms with Crippen molar-refractivity contribution in [2.24, 2.45) is 0 Å². The number of aliphatic carboxylic acids is 1. The Balaban J connectivity index is 2.13. The number of fused-ring (bicyclic) bond motifs is 1. The number of rotatable bonds is 5. The van der Waals surface area contributed by atoms with E-state index in [0.717, 1.165) is 0 Å². The highest BCUT2D eigenvalue weighted by Gasteiger charge is 2.19. The molecule has 0 aliphatic rings. The summed E-state index contributed by atoms with van der Waals surface area (Å²) in [6, 6.07) is 11.9. The number of hydrogen-bond acceptors (Lipinski definition) is 4. The number of carboxylic acid groups (broad SMARTS) is 1. The summed E-state index contributed by atoms with van der Waals surface area (Å²) in [5.74, 6) is -0.403. The normalized spacial score (nSPS) is 12.3.